The van der Waals surface area contributed by atoms with Gasteiger partial charge in [0.05, 0.1) is 18.1 Å². The monoisotopic (exact) mass is 461 g/mol. The third-order valence-corrected chi connectivity index (χ3v) is 6.05. The SMILES string of the molecule is Cc1cc(Nc2ccc(NS(=O)(=O)c3cc(F)cc(F)c3)cc2)nc(N2CCOCC2)n1. The van der Waals surface area contributed by atoms with Crippen molar-refractivity contribution in [1.82, 2.24) is 9.97 Å². The van der Waals surface area contributed by atoms with E-state index in [0.29, 0.717) is 49.8 Å². The Balaban J connectivity index is 1.48. The van der Waals surface area contributed by atoms with Gasteiger partial charge in [0, 0.05) is 42.3 Å². The average Bonchev–Trinajstić information content (AvgIpc) is 2.74. The smallest absolute Gasteiger partial charge is 0.262 e. The summed E-state index contributed by atoms with van der Waals surface area (Å²) in [6, 6.07) is 10.3. The summed E-state index contributed by atoms with van der Waals surface area (Å²) in [4.78, 5) is 10.6. The Labute approximate surface area is 184 Å². The van der Waals surface area contributed by atoms with Crippen LogP contribution in [0.1, 0.15) is 5.69 Å². The van der Waals surface area contributed by atoms with E-state index in [0.717, 1.165) is 17.8 Å². The summed E-state index contributed by atoms with van der Waals surface area (Å²) >= 11 is 0. The Morgan fingerprint density at radius 2 is 1.56 bits per heavy atom. The molecule has 1 aromatic heterocycles. The highest BCUT2D eigenvalue weighted by Crippen LogP contribution is 2.23. The first kappa shape index (κ1) is 21.9. The highest BCUT2D eigenvalue weighted by Gasteiger charge is 2.17. The zero-order valence-corrected chi connectivity index (χ0v) is 18.0. The van der Waals surface area contributed by atoms with E-state index in [1.165, 1.54) is 12.1 Å². The van der Waals surface area contributed by atoms with Gasteiger partial charge in [0.15, 0.2) is 0 Å². The van der Waals surface area contributed by atoms with Crippen molar-refractivity contribution >= 4 is 33.2 Å². The molecule has 4 rings (SSSR count). The number of hydrogen-bond acceptors (Lipinski definition) is 7. The van der Waals surface area contributed by atoms with Crippen molar-refractivity contribution in [2.75, 3.05) is 41.2 Å². The second-order valence-electron chi connectivity index (χ2n) is 7.21. The number of hydrogen-bond donors (Lipinski definition) is 2. The van der Waals surface area contributed by atoms with Crippen molar-refractivity contribution in [3.63, 3.8) is 0 Å². The number of ether oxygens (including phenoxy) is 1. The van der Waals surface area contributed by atoms with Crippen molar-refractivity contribution in [3.05, 3.63) is 65.9 Å². The van der Waals surface area contributed by atoms with Gasteiger partial charge in [-0.3, -0.25) is 4.72 Å². The Kier molecular flexibility index (Phi) is 6.19. The maximum absolute atomic E-state index is 13.4. The molecule has 1 fully saturated rings. The van der Waals surface area contributed by atoms with Gasteiger partial charge in [-0.15, -0.1) is 0 Å². The molecule has 0 saturated carbocycles. The van der Waals surface area contributed by atoms with Crippen molar-refractivity contribution < 1.29 is 21.9 Å². The molecule has 1 aliphatic rings. The van der Waals surface area contributed by atoms with Gasteiger partial charge in [0.2, 0.25) is 5.95 Å². The van der Waals surface area contributed by atoms with Crippen LogP contribution in [0.5, 0.6) is 0 Å². The molecule has 1 saturated heterocycles. The fraction of sp³-hybridized carbons (Fsp3) is 0.238. The van der Waals surface area contributed by atoms with E-state index in [1.807, 2.05) is 6.92 Å². The number of benzene rings is 2. The minimum atomic E-state index is -4.14. The molecule has 0 atom stereocenters. The Hall–Kier alpha value is -3.31. The molecular weight excluding hydrogens is 440 g/mol. The van der Waals surface area contributed by atoms with Gasteiger partial charge in [0.1, 0.15) is 17.5 Å². The summed E-state index contributed by atoms with van der Waals surface area (Å²) in [6.07, 6.45) is 0. The number of nitrogens with zero attached hydrogens (tertiary/aromatic N) is 3. The number of halogens is 2. The van der Waals surface area contributed by atoms with Gasteiger partial charge < -0.3 is 15.0 Å². The molecule has 0 unspecified atom stereocenters. The molecule has 0 bridgehead atoms. The average molecular weight is 461 g/mol. The lowest BCUT2D eigenvalue weighted by molar-refractivity contribution is 0.122. The van der Waals surface area contributed by atoms with Gasteiger partial charge in [0.25, 0.3) is 10.0 Å². The quantitative estimate of drug-likeness (QED) is 0.581. The van der Waals surface area contributed by atoms with E-state index in [-0.39, 0.29) is 5.69 Å². The van der Waals surface area contributed by atoms with Crippen LogP contribution >= 0.6 is 0 Å². The van der Waals surface area contributed by atoms with E-state index in [2.05, 4.69) is 24.9 Å². The van der Waals surface area contributed by atoms with Gasteiger partial charge in [-0.1, -0.05) is 0 Å². The second-order valence-corrected chi connectivity index (χ2v) is 8.89. The van der Waals surface area contributed by atoms with E-state index in [4.69, 9.17) is 4.74 Å². The molecule has 11 heteroatoms. The number of sulfonamides is 1. The lowest BCUT2D eigenvalue weighted by Gasteiger charge is -2.27. The summed E-state index contributed by atoms with van der Waals surface area (Å²) in [5.74, 6) is -0.729. The van der Waals surface area contributed by atoms with Crippen molar-refractivity contribution in [1.29, 1.82) is 0 Å². The van der Waals surface area contributed by atoms with E-state index < -0.39 is 26.6 Å². The van der Waals surface area contributed by atoms with Gasteiger partial charge in [-0.05, 0) is 43.3 Å². The second kappa shape index (κ2) is 9.05. The van der Waals surface area contributed by atoms with Crippen LogP contribution in [0.4, 0.5) is 31.9 Å². The molecule has 2 aromatic carbocycles. The molecule has 8 nitrogen and oxygen atoms in total. The number of aryl methyl sites for hydroxylation is 1. The fourth-order valence-electron chi connectivity index (χ4n) is 3.19. The molecule has 2 N–H and O–H groups in total. The van der Waals surface area contributed by atoms with Crippen LogP contribution < -0.4 is 14.9 Å². The first-order valence-corrected chi connectivity index (χ1v) is 11.3. The molecule has 32 heavy (non-hydrogen) atoms. The summed E-state index contributed by atoms with van der Waals surface area (Å²) in [5, 5.41) is 3.18. The Bertz CT molecular complexity index is 1200. The third kappa shape index (κ3) is 5.29. The van der Waals surface area contributed by atoms with Crippen LogP contribution in [-0.2, 0) is 14.8 Å². The van der Waals surface area contributed by atoms with E-state index in [9.17, 15) is 17.2 Å². The molecule has 1 aliphatic heterocycles. The molecule has 0 radical (unpaired) electrons. The number of aromatic nitrogens is 2. The summed E-state index contributed by atoms with van der Waals surface area (Å²) < 4.78 is 59.3. The lowest BCUT2D eigenvalue weighted by Crippen LogP contribution is -2.37. The van der Waals surface area contributed by atoms with Crippen LogP contribution in [0.25, 0.3) is 0 Å². The molecule has 2 heterocycles. The van der Waals surface area contributed by atoms with Crippen molar-refractivity contribution in [2.24, 2.45) is 0 Å². The zero-order valence-electron chi connectivity index (χ0n) is 17.2. The van der Waals surface area contributed by atoms with Gasteiger partial charge in [-0.2, -0.15) is 4.98 Å². The van der Waals surface area contributed by atoms with Crippen molar-refractivity contribution in [3.8, 4) is 0 Å². The lowest BCUT2D eigenvalue weighted by atomic mass is 10.3. The highest BCUT2D eigenvalue weighted by atomic mass is 32.2. The molecule has 0 spiro atoms. The first-order chi connectivity index (χ1) is 15.3. The number of anilines is 4. The van der Waals surface area contributed by atoms with Crippen LogP contribution in [0.3, 0.4) is 0 Å². The maximum atomic E-state index is 13.4. The predicted molar refractivity (Wildman–Crippen MR) is 117 cm³/mol. The third-order valence-electron chi connectivity index (χ3n) is 4.69. The highest BCUT2D eigenvalue weighted by molar-refractivity contribution is 7.92. The zero-order chi connectivity index (χ0) is 22.7. The van der Waals surface area contributed by atoms with E-state index in [1.54, 1.807) is 18.2 Å². The molecule has 0 aliphatic carbocycles. The minimum absolute atomic E-state index is 0.244. The van der Waals surface area contributed by atoms with Gasteiger partial charge >= 0.3 is 0 Å². The van der Waals surface area contributed by atoms with E-state index >= 15 is 0 Å². The molecule has 3 aromatic rings. The predicted octanol–water partition coefficient (Wildman–Crippen LogP) is 3.44. The maximum Gasteiger partial charge on any atom is 0.262 e. The number of nitrogens with one attached hydrogen (secondary N) is 2. The van der Waals surface area contributed by atoms with Crippen LogP contribution in [0.15, 0.2) is 53.4 Å². The first-order valence-electron chi connectivity index (χ1n) is 9.83. The Morgan fingerprint density at radius 1 is 0.938 bits per heavy atom. The minimum Gasteiger partial charge on any atom is -0.378 e. The number of morpholine rings is 1. The topological polar surface area (TPSA) is 96.5 Å². The number of rotatable bonds is 6. The summed E-state index contributed by atoms with van der Waals surface area (Å²) in [5.41, 5.74) is 1.72. The van der Waals surface area contributed by atoms with Crippen LogP contribution in [0, 0.1) is 18.6 Å². The molecule has 0 amide bonds. The van der Waals surface area contributed by atoms with Crippen LogP contribution in [-0.4, -0.2) is 44.7 Å². The molecular formula is C21H21F2N5O3S. The largest absolute Gasteiger partial charge is 0.378 e. The Morgan fingerprint density at radius 3 is 2.22 bits per heavy atom. The van der Waals surface area contributed by atoms with Gasteiger partial charge in [-0.25, -0.2) is 22.2 Å². The standard InChI is InChI=1S/C21H21F2N5O3S/c1-14-10-20(26-21(24-14)28-6-8-31-9-7-28)25-17-2-4-18(5-3-17)27-32(29,30)19-12-15(22)11-16(23)13-19/h2-5,10-13,27H,6-9H2,1H3,(H,24,25,26). The summed E-state index contributed by atoms with van der Waals surface area (Å²) in [6.45, 7) is 4.56. The van der Waals surface area contributed by atoms with Crippen molar-refractivity contribution in [2.45, 2.75) is 11.8 Å². The van der Waals surface area contributed by atoms with Crippen LogP contribution in [0.2, 0.25) is 0 Å². The normalized spacial score (nSPS) is 14.3. The molecule has 168 valence electrons. The summed E-state index contributed by atoms with van der Waals surface area (Å²) in [7, 11) is -4.14. The fourth-order valence-corrected chi connectivity index (χ4v) is 4.29.